The van der Waals surface area contributed by atoms with Crippen molar-refractivity contribution >= 4 is 56.5 Å². The monoisotopic (exact) mass is 460 g/mol. The molecule has 144 valence electrons. The maximum atomic E-state index is 12.5. The van der Waals surface area contributed by atoms with E-state index in [9.17, 15) is 14.4 Å². The van der Waals surface area contributed by atoms with E-state index in [0.717, 1.165) is 32.4 Å². The average molecular weight is 461 g/mol. The Morgan fingerprint density at radius 3 is 2.46 bits per heavy atom. The molecule has 0 saturated carbocycles. The number of imide groups is 1. The highest BCUT2D eigenvalue weighted by Crippen LogP contribution is 2.32. The molecular weight excluding hydrogens is 444 g/mol. The quantitative estimate of drug-likeness (QED) is 0.641. The Bertz CT molecular complexity index is 926. The molecule has 1 N–H and O–H groups in total. The van der Waals surface area contributed by atoms with Gasteiger partial charge in [0.05, 0.1) is 11.5 Å². The van der Waals surface area contributed by atoms with Gasteiger partial charge in [-0.15, -0.1) is 0 Å². The van der Waals surface area contributed by atoms with E-state index in [4.69, 9.17) is 4.74 Å². The number of nitrogens with zero attached hydrogens (tertiary/aromatic N) is 1. The number of hydrogen-bond donors (Lipinski definition) is 1. The van der Waals surface area contributed by atoms with E-state index in [-0.39, 0.29) is 11.4 Å². The number of ether oxygens (including phenoxy) is 1. The summed E-state index contributed by atoms with van der Waals surface area (Å²) >= 11 is 4.14. The molecular formula is C20H17BrN2O4S. The van der Waals surface area contributed by atoms with E-state index in [1.807, 2.05) is 6.92 Å². The fourth-order valence-electron chi connectivity index (χ4n) is 2.49. The van der Waals surface area contributed by atoms with Gasteiger partial charge < -0.3 is 10.1 Å². The number of thioether (sulfide) groups is 1. The van der Waals surface area contributed by atoms with Gasteiger partial charge in [-0.3, -0.25) is 19.3 Å². The zero-order valence-corrected chi connectivity index (χ0v) is 17.4. The number of halogens is 1. The number of carbonyl (C=O) groups is 3. The summed E-state index contributed by atoms with van der Waals surface area (Å²) in [7, 11) is 0. The van der Waals surface area contributed by atoms with Crippen LogP contribution in [0, 0.1) is 0 Å². The lowest BCUT2D eigenvalue weighted by atomic mass is 10.2. The standard InChI is InChI=1S/C20H17BrN2O4S/c1-2-27-16-9-3-13(4-10-16)11-17-19(25)23(20(26)28-17)12-18(24)22-15-7-5-14(21)6-8-15/h3-11H,2,12H2,1H3,(H,22,24)/b17-11+. The van der Waals surface area contributed by atoms with E-state index in [1.54, 1.807) is 54.6 Å². The van der Waals surface area contributed by atoms with E-state index in [1.165, 1.54) is 0 Å². The molecule has 1 saturated heterocycles. The second kappa shape index (κ2) is 9.07. The number of hydrogen-bond acceptors (Lipinski definition) is 5. The lowest BCUT2D eigenvalue weighted by Gasteiger charge is -2.12. The van der Waals surface area contributed by atoms with Crippen LogP contribution >= 0.6 is 27.7 Å². The molecule has 1 aliphatic heterocycles. The first-order chi connectivity index (χ1) is 13.5. The normalized spacial score (nSPS) is 15.2. The lowest BCUT2D eigenvalue weighted by Crippen LogP contribution is -2.36. The smallest absolute Gasteiger partial charge is 0.294 e. The number of nitrogens with one attached hydrogen (secondary N) is 1. The van der Waals surface area contributed by atoms with Crippen LogP contribution in [0.25, 0.3) is 6.08 Å². The third-order valence-electron chi connectivity index (χ3n) is 3.79. The van der Waals surface area contributed by atoms with Gasteiger partial charge in [0.15, 0.2) is 0 Å². The van der Waals surface area contributed by atoms with Gasteiger partial charge in [-0.1, -0.05) is 28.1 Å². The maximum absolute atomic E-state index is 12.5. The molecule has 8 heteroatoms. The molecule has 1 aliphatic rings. The highest BCUT2D eigenvalue weighted by atomic mass is 79.9. The summed E-state index contributed by atoms with van der Waals surface area (Å²) < 4.78 is 6.27. The molecule has 0 unspecified atom stereocenters. The fourth-order valence-corrected chi connectivity index (χ4v) is 3.59. The van der Waals surface area contributed by atoms with Crippen LogP contribution in [-0.4, -0.2) is 35.1 Å². The molecule has 0 atom stereocenters. The SMILES string of the molecule is CCOc1ccc(/C=C2/SC(=O)N(CC(=O)Nc3ccc(Br)cc3)C2=O)cc1. The van der Waals surface area contributed by atoms with Gasteiger partial charge in [-0.25, -0.2) is 0 Å². The summed E-state index contributed by atoms with van der Waals surface area (Å²) in [5.74, 6) is -0.181. The minimum absolute atomic E-state index is 0.283. The number of carbonyl (C=O) groups excluding carboxylic acids is 3. The summed E-state index contributed by atoms with van der Waals surface area (Å²) in [6.45, 7) is 2.14. The molecule has 2 aromatic rings. The Balaban J connectivity index is 1.65. The minimum atomic E-state index is -0.477. The molecule has 3 rings (SSSR count). The predicted molar refractivity (Wildman–Crippen MR) is 113 cm³/mol. The molecule has 0 aliphatic carbocycles. The average Bonchev–Trinajstić information content (AvgIpc) is 2.93. The van der Waals surface area contributed by atoms with Crippen LogP contribution in [-0.2, 0) is 9.59 Å². The van der Waals surface area contributed by atoms with E-state index in [0.29, 0.717) is 12.3 Å². The number of amides is 3. The van der Waals surface area contributed by atoms with Gasteiger partial charge >= 0.3 is 0 Å². The Morgan fingerprint density at radius 1 is 1.14 bits per heavy atom. The zero-order valence-electron chi connectivity index (χ0n) is 15.0. The van der Waals surface area contributed by atoms with Crippen molar-refractivity contribution in [3.05, 3.63) is 63.5 Å². The number of benzene rings is 2. The highest BCUT2D eigenvalue weighted by molar-refractivity contribution is 9.10. The topological polar surface area (TPSA) is 75.7 Å². The van der Waals surface area contributed by atoms with Crippen LogP contribution in [0.5, 0.6) is 5.75 Å². The summed E-state index contributed by atoms with van der Waals surface area (Å²) in [6, 6.07) is 14.2. The van der Waals surface area contributed by atoms with Crippen molar-refractivity contribution in [3.8, 4) is 5.75 Å². The second-order valence-corrected chi connectivity index (χ2v) is 7.73. The molecule has 1 fully saturated rings. The zero-order chi connectivity index (χ0) is 20.1. The van der Waals surface area contributed by atoms with Crippen molar-refractivity contribution in [3.63, 3.8) is 0 Å². The fraction of sp³-hybridized carbons (Fsp3) is 0.150. The van der Waals surface area contributed by atoms with Crippen LogP contribution in [0.2, 0.25) is 0 Å². The molecule has 2 aromatic carbocycles. The van der Waals surface area contributed by atoms with Crippen molar-refractivity contribution in [2.75, 3.05) is 18.5 Å². The third-order valence-corrected chi connectivity index (χ3v) is 5.23. The summed E-state index contributed by atoms with van der Waals surface area (Å²) in [5.41, 5.74) is 1.36. The third kappa shape index (κ3) is 5.02. The first-order valence-electron chi connectivity index (χ1n) is 8.50. The van der Waals surface area contributed by atoms with E-state index >= 15 is 0 Å². The van der Waals surface area contributed by atoms with Crippen LogP contribution in [0.3, 0.4) is 0 Å². The van der Waals surface area contributed by atoms with Crippen LogP contribution < -0.4 is 10.1 Å². The van der Waals surface area contributed by atoms with Crippen molar-refractivity contribution < 1.29 is 19.1 Å². The Hall–Kier alpha value is -2.58. The van der Waals surface area contributed by atoms with Crippen LogP contribution in [0.1, 0.15) is 12.5 Å². The number of rotatable bonds is 6. The van der Waals surface area contributed by atoms with Gasteiger partial charge in [-0.05, 0) is 66.7 Å². The summed E-state index contributed by atoms with van der Waals surface area (Å²) in [4.78, 5) is 38.1. The highest BCUT2D eigenvalue weighted by Gasteiger charge is 2.36. The molecule has 0 spiro atoms. The van der Waals surface area contributed by atoms with Gasteiger partial charge in [0.2, 0.25) is 5.91 Å². The van der Waals surface area contributed by atoms with Crippen molar-refractivity contribution in [2.24, 2.45) is 0 Å². The first-order valence-corrected chi connectivity index (χ1v) is 10.1. The van der Waals surface area contributed by atoms with Gasteiger partial charge in [0.25, 0.3) is 11.1 Å². The molecule has 3 amide bonds. The lowest BCUT2D eigenvalue weighted by molar-refractivity contribution is -0.127. The Labute approximate surface area is 175 Å². The summed E-state index contributed by atoms with van der Waals surface area (Å²) in [5, 5.41) is 2.21. The van der Waals surface area contributed by atoms with Crippen molar-refractivity contribution in [1.82, 2.24) is 4.90 Å². The summed E-state index contributed by atoms with van der Waals surface area (Å²) in [6.07, 6.45) is 1.63. The van der Waals surface area contributed by atoms with Crippen molar-refractivity contribution in [2.45, 2.75) is 6.92 Å². The second-order valence-electron chi connectivity index (χ2n) is 5.82. The van der Waals surface area contributed by atoms with E-state index in [2.05, 4.69) is 21.2 Å². The molecule has 0 aromatic heterocycles. The van der Waals surface area contributed by atoms with Gasteiger partial charge in [-0.2, -0.15) is 0 Å². The van der Waals surface area contributed by atoms with Crippen LogP contribution in [0.4, 0.5) is 10.5 Å². The largest absolute Gasteiger partial charge is 0.494 e. The predicted octanol–water partition coefficient (Wildman–Crippen LogP) is 4.52. The Morgan fingerprint density at radius 2 is 1.82 bits per heavy atom. The number of anilines is 1. The maximum Gasteiger partial charge on any atom is 0.294 e. The van der Waals surface area contributed by atoms with E-state index < -0.39 is 17.1 Å². The first kappa shape index (κ1) is 20.2. The Kier molecular flexibility index (Phi) is 6.53. The molecule has 6 nitrogen and oxygen atoms in total. The molecule has 0 bridgehead atoms. The molecule has 1 heterocycles. The molecule has 28 heavy (non-hydrogen) atoms. The van der Waals surface area contributed by atoms with Crippen LogP contribution in [0.15, 0.2) is 57.9 Å². The minimum Gasteiger partial charge on any atom is -0.494 e. The van der Waals surface area contributed by atoms with Gasteiger partial charge in [0, 0.05) is 10.2 Å². The van der Waals surface area contributed by atoms with Crippen molar-refractivity contribution in [1.29, 1.82) is 0 Å². The van der Waals surface area contributed by atoms with Gasteiger partial charge in [0.1, 0.15) is 12.3 Å². The molecule has 0 radical (unpaired) electrons.